The average molecular weight is 401 g/mol. The van der Waals surface area contributed by atoms with Crippen molar-refractivity contribution in [1.29, 1.82) is 0 Å². The number of hydrazone groups is 1. The maximum absolute atomic E-state index is 13.1. The topological polar surface area (TPSA) is 79.1 Å². The third kappa shape index (κ3) is 2.53. The largest absolute Gasteiger partial charge is 0.493 e. The monoisotopic (exact) mass is 401 g/mol. The van der Waals surface area contributed by atoms with Gasteiger partial charge in [-0.3, -0.25) is 14.7 Å². The number of carbonyl (C=O) groups is 1. The fraction of sp³-hybridized carbons (Fsp3) is 0.182. The summed E-state index contributed by atoms with van der Waals surface area (Å²) >= 11 is 0. The zero-order valence-electron chi connectivity index (χ0n) is 16.6. The van der Waals surface area contributed by atoms with Crippen molar-refractivity contribution in [3.05, 3.63) is 77.1 Å². The van der Waals surface area contributed by atoms with E-state index in [9.17, 15) is 4.79 Å². The number of ether oxygens (including phenoxy) is 2. The van der Waals surface area contributed by atoms with Gasteiger partial charge in [0.2, 0.25) is 0 Å². The van der Waals surface area contributed by atoms with E-state index in [0.29, 0.717) is 35.1 Å². The van der Waals surface area contributed by atoms with E-state index >= 15 is 0 Å². The molecular formula is C22H19N5O3. The smallest absolute Gasteiger partial charge is 0.280 e. The molecule has 8 nitrogen and oxygen atoms in total. The van der Waals surface area contributed by atoms with Gasteiger partial charge < -0.3 is 9.47 Å². The summed E-state index contributed by atoms with van der Waals surface area (Å²) in [4.78, 5) is 24.6. The van der Waals surface area contributed by atoms with Gasteiger partial charge in [0.1, 0.15) is 11.3 Å². The standard InChI is InChI=1S/C22H19N5O3/c1-4-11-26-22(28)18-19-21(24-15-8-6-5-7-14(15)23-19)27(20(18)25-26)13-9-10-16(29-2)17(12-13)30-3/h4-10,12,21H,1,11H2,2-3H3. The molecule has 0 N–H and O–H groups in total. The van der Waals surface area contributed by atoms with Crippen molar-refractivity contribution >= 4 is 17.4 Å². The number of methoxy groups -OCH3 is 2. The van der Waals surface area contributed by atoms with Crippen LogP contribution in [0.1, 0.15) is 0 Å². The molecular weight excluding hydrogens is 382 g/mol. The minimum absolute atomic E-state index is 0.203. The van der Waals surface area contributed by atoms with E-state index in [0.717, 1.165) is 16.4 Å². The SMILES string of the molecule is C=CCN1N=C2C(=C3N=c4ccccc4=NC3N2c2ccc(OC)c(OC)c2)C1=O. The van der Waals surface area contributed by atoms with Crippen LogP contribution in [0.3, 0.4) is 0 Å². The van der Waals surface area contributed by atoms with Crippen molar-refractivity contribution in [2.45, 2.75) is 6.17 Å². The maximum Gasteiger partial charge on any atom is 0.280 e. The summed E-state index contributed by atoms with van der Waals surface area (Å²) in [5, 5.41) is 7.47. The Balaban J connectivity index is 1.72. The number of benzene rings is 2. The Morgan fingerprint density at radius 1 is 1.10 bits per heavy atom. The molecule has 0 fully saturated rings. The molecule has 2 aromatic carbocycles. The fourth-order valence-corrected chi connectivity index (χ4v) is 3.84. The maximum atomic E-state index is 13.1. The number of amidine groups is 1. The van der Waals surface area contributed by atoms with Crippen LogP contribution in [-0.2, 0) is 4.79 Å². The summed E-state index contributed by atoms with van der Waals surface area (Å²) in [6.45, 7) is 4.03. The van der Waals surface area contributed by atoms with Crippen LogP contribution in [0.15, 0.2) is 81.5 Å². The molecule has 3 aliphatic heterocycles. The van der Waals surface area contributed by atoms with Gasteiger partial charge in [-0.25, -0.2) is 10.0 Å². The molecule has 0 saturated carbocycles. The number of anilines is 1. The molecule has 0 aromatic heterocycles. The summed E-state index contributed by atoms with van der Waals surface area (Å²) in [6.07, 6.45) is 1.16. The molecule has 3 heterocycles. The number of rotatable bonds is 5. The molecule has 1 unspecified atom stereocenters. The number of carbonyl (C=O) groups excluding carboxylic acids is 1. The summed E-state index contributed by atoms with van der Waals surface area (Å²) in [5.74, 6) is 1.51. The highest BCUT2D eigenvalue weighted by Gasteiger charge is 2.47. The summed E-state index contributed by atoms with van der Waals surface area (Å²) < 4.78 is 10.8. The lowest BCUT2D eigenvalue weighted by Crippen LogP contribution is -2.40. The highest BCUT2D eigenvalue weighted by atomic mass is 16.5. The quantitative estimate of drug-likeness (QED) is 0.710. The Morgan fingerprint density at radius 3 is 2.60 bits per heavy atom. The van der Waals surface area contributed by atoms with E-state index in [-0.39, 0.29) is 5.91 Å². The van der Waals surface area contributed by atoms with Crippen LogP contribution in [0.2, 0.25) is 0 Å². The van der Waals surface area contributed by atoms with E-state index in [1.807, 2.05) is 47.4 Å². The first-order chi connectivity index (χ1) is 14.7. The van der Waals surface area contributed by atoms with Gasteiger partial charge in [-0.05, 0) is 24.3 Å². The van der Waals surface area contributed by atoms with Gasteiger partial charge in [-0.1, -0.05) is 18.2 Å². The van der Waals surface area contributed by atoms with E-state index in [1.54, 1.807) is 20.3 Å². The lowest BCUT2D eigenvalue weighted by atomic mass is 10.2. The predicted octanol–water partition coefficient (Wildman–Crippen LogP) is 1.40. The van der Waals surface area contributed by atoms with Gasteiger partial charge in [-0.2, -0.15) is 5.10 Å². The highest BCUT2D eigenvalue weighted by molar-refractivity contribution is 6.31. The first-order valence-electron chi connectivity index (χ1n) is 9.45. The van der Waals surface area contributed by atoms with Crippen LogP contribution in [-0.4, -0.2) is 43.7 Å². The van der Waals surface area contributed by atoms with Crippen molar-refractivity contribution in [2.24, 2.45) is 15.1 Å². The molecule has 0 bridgehead atoms. The van der Waals surface area contributed by atoms with Crippen molar-refractivity contribution in [3.63, 3.8) is 0 Å². The van der Waals surface area contributed by atoms with Crippen LogP contribution in [0.4, 0.5) is 5.69 Å². The Bertz CT molecular complexity index is 1260. The van der Waals surface area contributed by atoms with E-state index < -0.39 is 6.17 Å². The van der Waals surface area contributed by atoms with Crippen LogP contribution >= 0.6 is 0 Å². The van der Waals surface area contributed by atoms with E-state index in [1.165, 1.54) is 5.01 Å². The molecule has 2 aromatic rings. The normalized spacial score (nSPS) is 18.8. The molecule has 1 atom stereocenters. The van der Waals surface area contributed by atoms with Gasteiger partial charge in [0, 0.05) is 11.8 Å². The lowest BCUT2D eigenvalue weighted by Gasteiger charge is -2.26. The third-order valence-electron chi connectivity index (χ3n) is 5.19. The van der Waals surface area contributed by atoms with Gasteiger partial charge in [-0.15, -0.1) is 6.58 Å². The molecule has 3 aliphatic rings. The molecule has 1 amide bonds. The number of hydrogen-bond donors (Lipinski definition) is 0. The zero-order valence-corrected chi connectivity index (χ0v) is 16.6. The van der Waals surface area contributed by atoms with Crippen molar-refractivity contribution in [3.8, 4) is 11.5 Å². The minimum atomic E-state index is -0.485. The van der Waals surface area contributed by atoms with Gasteiger partial charge >= 0.3 is 0 Å². The molecule has 0 radical (unpaired) electrons. The third-order valence-corrected chi connectivity index (χ3v) is 5.19. The molecule has 8 heteroatoms. The van der Waals surface area contributed by atoms with Crippen LogP contribution < -0.4 is 25.1 Å². The van der Waals surface area contributed by atoms with Crippen molar-refractivity contribution in [1.82, 2.24) is 5.01 Å². The molecule has 0 spiro atoms. The number of nitrogens with zero attached hydrogens (tertiary/aromatic N) is 5. The second-order valence-corrected chi connectivity index (χ2v) is 6.87. The Kier molecular flexibility index (Phi) is 4.13. The van der Waals surface area contributed by atoms with Crippen LogP contribution in [0.25, 0.3) is 0 Å². The van der Waals surface area contributed by atoms with E-state index in [4.69, 9.17) is 19.5 Å². The Morgan fingerprint density at radius 2 is 1.87 bits per heavy atom. The number of para-hydroxylation sites is 2. The summed E-state index contributed by atoms with van der Waals surface area (Å²) in [7, 11) is 3.17. The summed E-state index contributed by atoms with van der Waals surface area (Å²) in [5.41, 5.74) is 1.84. The fourth-order valence-electron chi connectivity index (χ4n) is 3.84. The van der Waals surface area contributed by atoms with Gasteiger partial charge in [0.15, 0.2) is 23.5 Å². The minimum Gasteiger partial charge on any atom is -0.493 e. The lowest BCUT2D eigenvalue weighted by molar-refractivity contribution is -0.125. The first-order valence-corrected chi connectivity index (χ1v) is 9.45. The van der Waals surface area contributed by atoms with Crippen LogP contribution in [0, 0.1) is 0 Å². The van der Waals surface area contributed by atoms with Gasteiger partial charge in [0.05, 0.1) is 31.5 Å². The molecule has 0 saturated heterocycles. The van der Waals surface area contributed by atoms with E-state index in [2.05, 4.69) is 11.7 Å². The van der Waals surface area contributed by atoms with Crippen molar-refractivity contribution in [2.75, 3.05) is 25.7 Å². The first kappa shape index (κ1) is 18.1. The number of fused-ring (bicyclic) bond motifs is 3. The molecule has 0 aliphatic carbocycles. The molecule has 150 valence electrons. The van der Waals surface area contributed by atoms with Gasteiger partial charge in [0.25, 0.3) is 5.91 Å². The second-order valence-electron chi connectivity index (χ2n) is 6.87. The molecule has 5 rings (SSSR count). The number of hydrogen-bond acceptors (Lipinski definition) is 7. The Hall–Kier alpha value is -3.94. The number of amides is 1. The Labute approximate surface area is 172 Å². The predicted molar refractivity (Wildman–Crippen MR) is 111 cm³/mol. The zero-order chi connectivity index (χ0) is 20.8. The average Bonchev–Trinajstić information content (AvgIpc) is 3.25. The summed E-state index contributed by atoms with van der Waals surface area (Å²) in [6, 6.07) is 13.2. The van der Waals surface area contributed by atoms with Crippen molar-refractivity contribution < 1.29 is 14.3 Å². The highest BCUT2D eigenvalue weighted by Crippen LogP contribution is 2.40. The molecule has 30 heavy (non-hydrogen) atoms. The second kappa shape index (κ2) is 6.84. The van der Waals surface area contributed by atoms with Crippen LogP contribution in [0.5, 0.6) is 11.5 Å².